The molecule has 0 aliphatic heterocycles. The lowest BCUT2D eigenvalue weighted by molar-refractivity contribution is -0.132. The lowest BCUT2D eigenvalue weighted by atomic mass is 9.84. The molecule has 20 heavy (non-hydrogen) atoms. The summed E-state index contributed by atoms with van der Waals surface area (Å²) < 4.78 is 0. The number of amides is 2. The number of aliphatic hydroxyl groups is 1. The summed E-state index contributed by atoms with van der Waals surface area (Å²) in [6, 6.07) is 8.45. The maximum atomic E-state index is 12.1. The van der Waals surface area contributed by atoms with Gasteiger partial charge in [0.25, 0.3) is 5.91 Å². The number of carbonyl (C=O) groups is 2. The first-order valence-corrected chi connectivity index (χ1v) is 6.92. The lowest BCUT2D eigenvalue weighted by Gasteiger charge is -2.30. The molecule has 2 amide bonds. The maximum Gasteiger partial charge on any atom is 0.253 e. The number of nitrogens with one attached hydrogen (secondary N) is 1. The van der Waals surface area contributed by atoms with Crippen LogP contribution in [0.4, 0.5) is 0 Å². The first kappa shape index (κ1) is 14.5. The van der Waals surface area contributed by atoms with Gasteiger partial charge in [0.15, 0.2) is 6.10 Å². The molecule has 1 aromatic carbocycles. The number of aliphatic hydroxyl groups excluding tert-OH is 1. The van der Waals surface area contributed by atoms with Gasteiger partial charge in [-0.05, 0) is 18.4 Å². The summed E-state index contributed by atoms with van der Waals surface area (Å²) >= 11 is 0. The first-order valence-electron chi connectivity index (χ1n) is 6.92. The Balaban J connectivity index is 2.01. The molecule has 5 heteroatoms. The van der Waals surface area contributed by atoms with Gasteiger partial charge in [-0.25, -0.2) is 0 Å². The number of rotatable bonds is 4. The molecule has 1 fully saturated rings. The Bertz CT molecular complexity index is 475. The quantitative estimate of drug-likeness (QED) is 0.762. The highest BCUT2D eigenvalue weighted by molar-refractivity contribution is 5.84. The van der Waals surface area contributed by atoms with Crippen molar-refractivity contribution in [3.8, 4) is 0 Å². The van der Waals surface area contributed by atoms with Crippen LogP contribution in [0.2, 0.25) is 0 Å². The average molecular weight is 276 g/mol. The molecule has 1 aromatic rings. The van der Waals surface area contributed by atoms with E-state index in [1.54, 1.807) is 24.3 Å². The van der Waals surface area contributed by atoms with Crippen molar-refractivity contribution in [2.75, 3.05) is 0 Å². The van der Waals surface area contributed by atoms with E-state index in [4.69, 9.17) is 5.73 Å². The van der Waals surface area contributed by atoms with Crippen molar-refractivity contribution >= 4 is 11.8 Å². The monoisotopic (exact) mass is 276 g/mol. The molecule has 0 bridgehead atoms. The van der Waals surface area contributed by atoms with E-state index in [-0.39, 0.29) is 17.9 Å². The minimum Gasteiger partial charge on any atom is -0.378 e. The number of hydrogen-bond acceptors (Lipinski definition) is 3. The summed E-state index contributed by atoms with van der Waals surface area (Å²) in [6.45, 7) is 0. The van der Waals surface area contributed by atoms with Crippen LogP contribution in [-0.4, -0.2) is 23.0 Å². The van der Waals surface area contributed by atoms with Gasteiger partial charge in [0.1, 0.15) is 0 Å². The standard InChI is InChI=1S/C15H20N2O3/c16-14(19)11-8-4-5-9-12(11)17-15(20)13(18)10-6-2-1-3-7-10/h1-3,6-7,11-13,18H,4-5,8-9H2,(H2,16,19)(H,17,20). The highest BCUT2D eigenvalue weighted by Gasteiger charge is 2.32. The van der Waals surface area contributed by atoms with Crippen molar-refractivity contribution < 1.29 is 14.7 Å². The molecule has 0 spiro atoms. The van der Waals surface area contributed by atoms with Crippen molar-refractivity contribution in [2.45, 2.75) is 37.8 Å². The van der Waals surface area contributed by atoms with Crippen molar-refractivity contribution in [3.05, 3.63) is 35.9 Å². The number of hydrogen-bond donors (Lipinski definition) is 3. The van der Waals surface area contributed by atoms with E-state index in [0.717, 1.165) is 19.3 Å². The van der Waals surface area contributed by atoms with Crippen LogP contribution >= 0.6 is 0 Å². The van der Waals surface area contributed by atoms with E-state index in [0.29, 0.717) is 12.0 Å². The third-order valence-corrected chi connectivity index (χ3v) is 3.82. The van der Waals surface area contributed by atoms with Crippen molar-refractivity contribution in [1.29, 1.82) is 0 Å². The Morgan fingerprint density at radius 2 is 1.85 bits per heavy atom. The van der Waals surface area contributed by atoms with Gasteiger partial charge in [-0.15, -0.1) is 0 Å². The molecule has 0 aromatic heterocycles. The van der Waals surface area contributed by atoms with E-state index >= 15 is 0 Å². The molecule has 108 valence electrons. The largest absolute Gasteiger partial charge is 0.378 e. The average Bonchev–Trinajstić information content (AvgIpc) is 2.47. The van der Waals surface area contributed by atoms with Crippen molar-refractivity contribution in [2.24, 2.45) is 11.7 Å². The van der Waals surface area contributed by atoms with Gasteiger partial charge in [-0.3, -0.25) is 9.59 Å². The minimum absolute atomic E-state index is 0.271. The van der Waals surface area contributed by atoms with Crippen molar-refractivity contribution in [3.63, 3.8) is 0 Å². The molecule has 1 saturated carbocycles. The Labute approximate surface area is 118 Å². The van der Waals surface area contributed by atoms with E-state index in [1.807, 2.05) is 6.07 Å². The fourth-order valence-electron chi connectivity index (χ4n) is 2.69. The highest BCUT2D eigenvalue weighted by atomic mass is 16.3. The zero-order valence-electron chi connectivity index (χ0n) is 11.3. The van der Waals surface area contributed by atoms with Crippen molar-refractivity contribution in [1.82, 2.24) is 5.32 Å². The normalized spacial score (nSPS) is 23.9. The summed E-state index contributed by atoms with van der Waals surface area (Å²) in [5.41, 5.74) is 5.91. The summed E-state index contributed by atoms with van der Waals surface area (Å²) in [7, 11) is 0. The first-order chi connectivity index (χ1) is 9.59. The molecular formula is C15H20N2O3. The third kappa shape index (κ3) is 3.36. The molecule has 3 atom stereocenters. The summed E-state index contributed by atoms with van der Waals surface area (Å²) in [6.07, 6.45) is 2.10. The molecule has 0 saturated heterocycles. The van der Waals surface area contributed by atoms with E-state index in [9.17, 15) is 14.7 Å². The molecule has 0 heterocycles. The van der Waals surface area contributed by atoms with Gasteiger partial charge < -0.3 is 16.2 Å². The van der Waals surface area contributed by atoms with Gasteiger partial charge in [0.2, 0.25) is 5.91 Å². The highest BCUT2D eigenvalue weighted by Crippen LogP contribution is 2.25. The smallest absolute Gasteiger partial charge is 0.253 e. The number of carbonyl (C=O) groups excluding carboxylic acids is 2. The predicted molar refractivity (Wildman–Crippen MR) is 74.5 cm³/mol. The molecule has 3 unspecified atom stereocenters. The molecule has 0 radical (unpaired) electrons. The topological polar surface area (TPSA) is 92.4 Å². The van der Waals surface area contributed by atoms with Crippen LogP contribution in [0.1, 0.15) is 37.4 Å². The molecule has 1 aliphatic carbocycles. The van der Waals surface area contributed by atoms with Gasteiger partial charge in [0.05, 0.1) is 5.92 Å². The van der Waals surface area contributed by atoms with Crippen LogP contribution < -0.4 is 11.1 Å². The summed E-state index contributed by atoms with van der Waals surface area (Å²) in [4.78, 5) is 23.5. The van der Waals surface area contributed by atoms with Crippen LogP contribution in [0.5, 0.6) is 0 Å². The zero-order valence-corrected chi connectivity index (χ0v) is 11.3. The van der Waals surface area contributed by atoms with Crippen LogP contribution in [0.25, 0.3) is 0 Å². The lowest BCUT2D eigenvalue weighted by Crippen LogP contribution is -2.48. The maximum absolute atomic E-state index is 12.1. The number of benzene rings is 1. The minimum atomic E-state index is -1.22. The molecule has 2 rings (SSSR count). The fourth-order valence-corrected chi connectivity index (χ4v) is 2.69. The third-order valence-electron chi connectivity index (χ3n) is 3.82. The second-order valence-electron chi connectivity index (χ2n) is 5.22. The van der Waals surface area contributed by atoms with Crippen LogP contribution in [0.15, 0.2) is 30.3 Å². The number of nitrogens with two attached hydrogens (primary N) is 1. The van der Waals surface area contributed by atoms with Crippen LogP contribution in [-0.2, 0) is 9.59 Å². The molecule has 5 nitrogen and oxygen atoms in total. The Morgan fingerprint density at radius 1 is 1.20 bits per heavy atom. The van der Waals surface area contributed by atoms with Gasteiger partial charge in [-0.2, -0.15) is 0 Å². The SMILES string of the molecule is NC(=O)C1CCCCC1NC(=O)C(O)c1ccccc1. The predicted octanol–water partition coefficient (Wildman–Crippen LogP) is 0.880. The van der Waals surface area contributed by atoms with E-state index < -0.39 is 12.0 Å². The second-order valence-corrected chi connectivity index (χ2v) is 5.22. The van der Waals surface area contributed by atoms with Crippen LogP contribution in [0, 0.1) is 5.92 Å². The molecule has 4 N–H and O–H groups in total. The Hall–Kier alpha value is -1.88. The van der Waals surface area contributed by atoms with Crippen LogP contribution in [0.3, 0.4) is 0 Å². The van der Waals surface area contributed by atoms with Gasteiger partial charge in [0, 0.05) is 6.04 Å². The van der Waals surface area contributed by atoms with E-state index in [1.165, 1.54) is 0 Å². The second kappa shape index (κ2) is 6.52. The Kier molecular flexibility index (Phi) is 4.74. The van der Waals surface area contributed by atoms with Gasteiger partial charge in [-0.1, -0.05) is 43.2 Å². The zero-order chi connectivity index (χ0) is 14.5. The molecule has 1 aliphatic rings. The number of primary amides is 1. The molecular weight excluding hydrogens is 256 g/mol. The fraction of sp³-hybridized carbons (Fsp3) is 0.467. The van der Waals surface area contributed by atoms with E-state index in [2.05, 4.69) is 5.32 Å². The Morgan fingerprint density at radius 3 is 2.50 bits per heavy atom. The van der Waals surface area contributed by atoms with Gasteiger partial charge >= 0.3 is 0 Å². The summed E-state index contributed by atoms with van der Waals surface area (Å²) in [5.74, 6) is -1.20. The summed E-state index contributed by atoms with van der Waals surface area (Å²) in [5, 5.41) is 12.8.